The molecular formula is C14H17N3O2. The van der Waals surface area contributed by atoms with Crippen LogP contribution >= 0.6 is 0 Å². The Balaban J connectivity index is 2.81. The molecule has 0 unspecified atom stereocenters. The molecule has 0 spiro atoms. The van der Waals surface area contributed by atoms with Crippen molar-refractivity contribution in [2.24, 2.45) is 5.92 Å². The van der Waals surface area contributed by atoms with E-state index in [1.54, 1.807) is 24.3 Å². The van der Waals surface area contributed by atoms with E-state index < -0.39 is 6.04 Å². The van der Waals surface area contributed by atoms with Crippen molar-refractivity contribution in [3.63, 3.8) is 0 Å². The summed E-state index contributed by atoms with van der Waals surface area (Å²) in [6.07, 6.45) is 0. The quantitative estimate of drug-likeness (QED) is 0.862. The number of hydrogen-bond donors (Lipinski definition) is 2. The van der Waals surface area contributed by atoms with Gasteiger partial charge in [0.25, 0.3) is 0 Å². The zero-order chi connectivity index (χ0) is 14.4. The van der Waals surface area contributed by atoms with E-state index in [4.69, 9.17) is 5.26 Å². The molecule has 0 saturated carbocycles. The number of anilines is 1. The highest BCUT2D eigenvalue weighted by Gasteiger charge is 2.22. The van der Waals surface area contributed by atoms with Gasteiger partial charge in [0.15, 0.2) is 0 Å². The van der Waals surface area contributed by atoms with E-state index in [1.807, 2.05) is 19.9 Å². The van der Waals surface area contributed by atoms with Crippen LogP contribution in [-0.2, 0) is 9.59 Å². The van der Waals surface area contributed by atoms with Crippen molar-refractivity contribution in [3.8, 4) is 6.07 Å². The van der Waals surface area contributed by atoms with Crippen LogP contribution in [0.4, 0.5) is 5.69 Å². The molecule has 0 saturated heterocycles. The fourth-order valence-electron chi connectivity index (χ4n) is 1.64. The lowest BCUT2D eigenvalue weighted by atomic mass is 10.0. The van der Waals surface area contributed by atoms with Gasteiger partial charge in [-0.15, -0.1) is 0 Å². The molecule has 1 aromatic rings. The van der Waals surface area contributed by atoms with E-state index in [1.165, 1.54) is 6.92 Å². The standard InChI is InChI=1S/C14H17N3O2/c1-9(2)13(16-10(3)18)14(19)17-12-6-4-5-11(7-12)8-15/h4-7,9,13H,1-3H3,(H,16,18)(H,17,19)/t13-/m1/s1. The van der Waals surface area contributed by atoms with Crippen molar-refractivity contribution in [1.82, 2.24) is 5.32 Å². The highest BCUT2D eigenvalue weighted by molar-refractivity contribution is 5.97. The molecular weight excluding hydrogens is 242 g/mol. The van der Waals surface area contributed by atoms with Gasteiger partial charge < -0.3 is 10.6 Å². The van der Waals surface area contributed by atoms with E-state index in [2.05, 4.69) is 10.6 Å². The summed E-state index contributed by atoms with van der Waals surface area (Å²) in [4.78, 5) is 23.2. The largest absolute Gasteiger partial charge is 0.344 e. The Morgan fingerprint density at radius 1 is 1.32 bits per heavy atom. The number of nitrogens with zero attached hydrogens (tertiary/aromatic N) is 1. The Morgan fingerprint density at radius 3 is 2.53 bits per heavy atom. The van der Waals surface area contributed by atoms with Gasteiger partial charge in [-0.2, -0.15) is 5.26 Å². The van der Waals surface area contributed by atoms with Crippen LogP contribution in [0.3, 0.4) is 0 Å². The minimum absolute atomic E-state index is 0.0250. The van der Waals surface area contributed by atoms with Gasteiger partial charge in [0, 0.05) is 12.6 Å². The van der Waals surface area contributed by atoms with E-state index in [0.717, 1.165) is 0 Å². The topological polar surface area (TPSA) is 82.0 Å². The first-order valence-corrected chi connectivity index (χ1v) is 6.02. The molecule has 0 bridgehead atoms. The number of amides is 2. The van der Waals surface area contributed by atoms with Crippen LogP contribution in [0.25, 0.3) is 0 Å². The molecule has 100 valence electrons. The second kappa shape index (κ2) is 6.55. The summed E-state index contributed by atoms with van der Waals surface area (Å²) in [5.74, 6) is -0.567. The van der Waals surface area contributed by atoms with Crippen molar-refractivity contribution < 1.29 is 9.59 Å². The van der Waals surface area contributed by atoms with Crippen molar-refractivity contribution in [2.45, 2.75) is 26.8 Å². The summed E-state index contributed by atoms with van der Waals surface area (Å²) in [6, 6.07) is 8.04. The number of carbonyl (C=O) groups excluding carboxylic acids is 2. The monoisotopic (exact) mass is 259 g/mol. The van der Waals surface area contributed by atoms with Crippen LogP contribution in [0.2, 0.25) is 0 Å². The predicted molar refractivity (Wildman–Crippen MR) is 72.2 cm³/mol. The Hall–Kier alpha value is -2.35. The lowest BCUT2D eigenvalue weighted by Crippen LogP contribution is -2.46. The SMILES string of the molecule is CC(=O)N[C@@H](C(=O)Nc1cccc(C#N)c1)C(C)C. The number of carbonyl (C=O) groups is 2. The molecule has 5 nitrogen and oxygen atoms in total. The maximum absolute atomic E-state index is 12.1. The minimum atomic E-state index is -0.594. The number of hydrogen-bond acceptors (Lipinski definition) is 3. The summed E-state index contributed by atoms with van der Waals surface area (Å²) in [7, 11) is 0. The van der Waals surface area contributed by atoms with Crippen LogP contribution in [0, 0.1) is 17.2 Å². The van der Waals surface area contributed by atoms with Gasteiger partial charge in [0.05, 0.1) is 11.6 Å². The molecule has 0 aliphatic rings. The number of rotatable bonds is 4. The molecule has 0 aromatic heterocycles. The Kier molecular flexibility index (Phi) is 5.07. The smallest absolute Gasteiger partial charge is 0.247 e. The maximum Gasteiger partial charge on any atom is 0.247 e. The molecule has 5 heteroatoms. The zero-order valence-electron chi connectivity index (χ0n) is 11.2. The van der Waals surface area contributed by atoms with Gasteiger partial charge in [-0.05, 0) is 24.1 Å². The second-order valence-electron chi connectivity index (χ2n) is 4.60. The molecule has 0 aliphatic carbocycles. The van der Waals surface area contributed by atoms with E-state index in [9.17, 15) is 9.59 Å². The molecule has 2 amide bonds. The Morgan fingerprint density at radius 2 is 2.00 bits per heavy atom. The molecule has 1 atom stereocenters. The van der Waals surface area contributed by atoms with E-state index >= 15 is 0 Å². The molecule has 19 heavy (non-hydrogen) atoms. The minimum Gasteiger partial charge on any atom is -0.344 e. The lowest BCUT2D eigenvalue weighted by Gasteiger charge is -2.20. The molecule has 1 rings (SSSR count). The Bertz CT molecular complexity index is 518. The fourth-order valence-corrected chi connectivity index (χ4v) is 1.64. The normalized spacial score (nSPS) is 11.5. The first-order chi connectivity index (χ1) is 8.93. The predicted octanol–water partition coefficient (Wildman–Crippen LogP) is 1.66. The van der Waals surface area contributed by atoms with Gasteiger partial charge >= 0.3 is 0 Å². The molecule has 1 aromatic carbocycles. The number of nitriles is 1. The zero-order valence-corrected chi connectivity index (χ0v) is 11.2. The van der Waals surface area contributed by atoms with Gasteiger partial charge in [0.1, 0.15) is 6.04 Å². The van der Waals surface area contributed by atoms with Crippen molar-refractivity contribution in [3.05, 3.63) is 29.8 Å². The van der Waals surface area contributed by atoms with Crippen LogP contribution in [-0.4, -0.2) is 17.9 Å². The van der Waals surface area contributed by atoms with Crippen molar-refractivity contribution in [1.29, 1.82) is 5.26 Å². The molecule has 2 N–H and O–H groups in total. The average Bonchev–Trinajstić information content (AvgIpc) is 2.35. The highest BCUT2D eigenvalue weighted by Crippen LogP contribution is 2.12. The summed E-state index contributed by atoms with van der Waals surface area (Å²) < 4.78 is 0. The van der Waals surface area contributed by atoms with Gasteiger partial charge in [-0.25, -0.2) is 0 Å². The van der Waals surface area contributed by atoms with E-state index in [-0.39, 0.29) is 17.7 Å². The summed E-state index contributed by atoms with van der Waals surface area (Å²) in [6.45, 7) is 5.08. The molecule has 0 fully saturated rings. The van der Waals surface area contributed by atoms with Gasteiger partial charge in [0.2, 0.25) is 11.8 Å². The number of nitrogens with one attached hydrogen (secondary N) is 2. The third-order valence-electron chi connectivity index (χ3n) is 2.57. The van der Waals surface area contributed by atoms with Gasteiger partial charge in [-0.3, -0.25) is 9.59 Å². The van der Waals surface area contributed by atoms with Crippen LogP contribution in [0.15, 0.2) is 24.3 Å². The third kappa shape index (κ3) is 4.43. The maximum atomic E-state index is 12.1. The van der Waals surface area contributed by atoms with Crippen molar-refractivity contribution in [2.75, 3.05) is 5.32 Å². The van der Waals surface area contributed by atoms with Crippen molar-refractivity contribution >= 4 is 17.5 Å². The number of benzene rings is 1. The highest BCUT2D eigenvalue weighted by atomic mass is 16.2. The average molecular weight is 259 g/mol. The second-order valence-corrected chi connectivity index (χ2v) is 4.60. The Labute approximate surface area is 112 Å². The third-order valence-corrected chi connectivity index (χ3v) is 2.57. The lowest BCUT2D eigenvalue weighted by molar-refractivity contribution is -0.126. The summed E-state index contributed by atoms with van der Waals surface area (Å²) >= 11 is 0. The first-order valence-electron chi connectivity index (χ1n) is 6.02. The molecule has 0 aliphatic heterocycles. The molecule has 0 heterocycles. The summed E-state index contributed by atoms with van der Waals surface area (Å²) in [5.41, 5.74) is 1.01. The van der Waals surface area contributed by atoms with Crippen LogP contribution in [0.5, 0.6) is 0 Å². The van der Waals surface area contributed by atoms with Gasteiger partial charge in [-0.1, -0.05) is 19.9 Å². The summed E-state index contributed by atoms with van der Waals surface area (Å²) in [5, 5.41) is 14.1. The fraction of sp³-hybridized carbons (Fsp3) is 0.357. The van der Waals surface area contributed by atoms with Crippen LogP contribution in [0.1, 0.15) is 26.3 Å². The van der Waals surface area contributed by atoms with Crippen LogP contribution < -0.4 is 10.6 Å². The first kappa shape index (κ1) is 14.7. The molecule has 0 radical (unpaired) electrons. The van der Waals surface area contributed by atoms with E-state index in [0.29, 0.717) is 11.3 Å².